The Balaban J connectivity index is 2.48. The zero-order valence-electron chi connectivity index (χ0n) is 11.6. The predicted molar refractivity (Wildman–Crippen MR) is 77.6 cm³/mol. The molecule has 0 saturated carbocycles. The molecule has 0 spiro atoms. The summed E-state index contributed by atoms with van der Waals surface area (Å²) in [5.74, 6) is -0.865. The van der Waals surface area contributed by atoms with Gasteiger partial charge in [0.05, 0.1) is 25.1 Å². The van der Waals surface area contributed by atoms with Gasteiger partial charge in [0, 0.05) is 12.0 Å². The van der Waals surface area contributed by atoms with Gasteiger partial charge in [0.15, 0.2) is 0 Å². The summed E-state index contributed by atoms with van der Waals surface area (Å²) >= 11 is 3.26. The fourth-order valence-corrected chi connectivity index (χ4v) is 1.93. The largest absolute Gasteiger partial charge is 0.496 e. The predicted octanol–water partition coefficient (Wildman–Crippen LogP) is 1.17. The number of nitrogens with one attached hydrogen (secondary N) is 2. The van der Waals surface area contributed by atoms with E-state index in [4.69, 9.17) is 4.74 Å². The van der Waals surface area contributed by atoms with E-state index in [0.29, 0.717) is 15.8 Å². The number of hydrazine groups is 1. The highest BCUT2D eigenvalue weighted by molar-refractivity contribution is 9.10. The molecule has 8 heteroatoms. The Morgan fingerprint density at radius 1 is 1.14 bits per heavy atom. The zero-order valence-corrected chi connectivity index (χ0v) is 13.2. The highest BCUT2D eigenvalue weighted by atomic mass is 79.9. The quantitative estimate of drug-likeness (QED) is 0.608. The van der Waals surface area contributed by atoms with Gasteiger partial charge in [-0.1, -0.05) is 0 Å². The summed E-state index contributed by atoms with van der Waals surface area (Å²) in [6.45, 7) is 0. The van der Waals surface area contributed by atoms with Gasteiger partial charge in [-0.05, 0) is 34.1 Å². The van der Waals surface area contributed by atoms with E-state index in [1.54, 1.807) is 18.2 Å². The lowest BCUT2D eigenvalue weighted by molar-refractivity contribution is -0.142. The molecule has 0 atom stereocenters. The zero-order chi connectivity index (χ0) is 15.8. The van der Waals surface area contributed by atoms with Gasteiger partial charge in [-0.15, -0.1) is 0 Å². The van der Waals surface area contributed by atoms with Gasteiger partial charge in [-0.3, -0.25) is 25.2 Å². The van der Waals surface area contributed by atoms with Crippen molar-refractivity contribution >= 4 is 33.7 Å². The molecule has 0 aliphatic heterocycles. The van der Waals surface area contributed by atoms with Gasteiger partial charge >= 0.3 is 5.97 Å². The lowest BCUT2D eigenvalue weighted by Gasteiger charge is -2.08. The van der Waals surface area contributed by atoms with Gasteiger partial charge in [0.1, 0.15) is 5.75 Å². The van der Waals surface area contributed by atoms with Crippen LogP contribution in [-0.2, 0) is 14.3 Å². The minimum absolute atomic E-state index is 0.0493. The first-order chi connectivity index (χ1) is 9.97. The second-order valence-corrected chi connectivity index (χ2v) is 4.78. The third-order valence-electron chi connectivity index (χ3n) is 2.51. The van der Waals surface area contributed by atoms with Crippen LogP contribution in [0, 0.1) is 0 Å². The molecule has 2 N–H and O–H groups in total. The van der Waals surface area contributed by atoms with Crippen molar-refractivity contribution in [2.75, 3.05) is 14.2 Å². The fraction of sp³-hybridized carbons (Fsp3) is 0.308. The standard InChI is InChI=1S/C13H15BrN2O5/c1-20-10-4-3-8(7-9(10)14)13(19)16-15-11(17)5-6-12(18)21-2/h3-4,7H,5-6H2,1-2H3,(H,15,17)(H,16,19). The molecule has 0 radical (unpaired) electrons. The first-order valence-electron chi connectivity index (χ1n) is 5.97. The molecule has 114 valence electrons. The monoisotopic (exact) mass is 358 g/mol. The summed E-state index contributed by atoms with van der Waals surface area (Å²) in [6, 6.07) is 4.74. The summed E-state index contributed by atoms with van der Waals surface area (Å²) < 4.78 is 10.1. The third-order valence-corrected chi connectivity index (χ3v) is 3.13. The molecule has 21 heavy (non-hydrogen) atoms. The number of carbonyl (C=O) groups excluding carboxylic acids is 3. The molecule has 2 amide bonds. The number of carbonyl (C=O) groups is 3. The molecule has 1 aromatic rings. The maximum atomic E-state index is 11.8. The number of rotatable bonds is 5. The molecule has 0 aliphatic carbocycles. The maximum absolute atomic E-state index is 11.8. The van der Waals surface area contributed by atoms with Crippen LogP contribution in [0.1, 0.15) is 23.2 Å². The number of ether oxygens (including phenoxy) is 2. The van der Waals surface area contributed by atoms with E-state index < -0.39 is 17.8 Å². The number of amides is 2. The Morgan fingerprint density at radius 3 is 2.43 bits per heavy atom. The molecule has 0 aromatic heterocycles. The number of hydrogen-bond donors (Lipinski definition) is 2. The van der Waals surface area contributed by atoms with Crippen LogP contribution in [0.25, 0.3) is 0 Å². The van der Waals surface area contributed by atoms with Crippen LogP contribution in [0.3, 0.4) is 0 Å². The Kier molecular flexibility index (Phi) is 6.67. The molecule has 0 bridgehead atoms. The smallest absolute Gasteiger partial charge is 0.306 e. The van der Waals surface area contributed by atoms with Gasteiger partial charge < -0.3 is 9.47 Å². The van der Waals surface area contributed by atoms with Crippen molar-refractivity contribution in [3.8, 4) is 5.75 Å². The average Bonchev–Trinajstić information content (AvgIpc) is 2.49. The van der Waals surface area contributed by atoms with E-state index in [9.17, 15) is 14.4 Å². The first kappa shape index (κ1) is 17.0. The summed E-state index contributed by atoms with van der Waals surface area (Å²) in [5, 5.41) is 0. The molecular formula is C13H15BrN2O5. The molecule has 1 rings (SSSR count). The number of halogens is 1. The maximum Gasteiger partial charge on any atom is 0.306 e. The summed E-state index contributed by atoms with van der Waals surface area (Å²) in [5.41, 5.74) is 4.81. The van der Waals surface area contributed by atoms with E-state index in [1.807, 2.05) is 0 Å². The Hall–Kier alpha value is -2.09. The molecule has 1 aromatic carbocycles. The first-order valence-corrected chi connectivity index (χ1v) is 6.76. The SMILES string of the molecule is COC(=O)CCC(=O)NNC(=O)c1ccc(OC)c(Br)c1. The van der Waals surface area contributed by atoms with Crippen molar-refractivity contribution in [1.29, 1.82) is 0 Å². The van der Waals surface area contributed by atoms with E-state index in [-0.39, 0.29) is 12.8 Å². The molecule has 7 nitrogen and oxygen atoms in total. The second kappa shape index (κ2) is 8.25. The lowest BCUT2D eigenvalue weighted by Crippen LogP contribution is -2.41. The van der Waals surface area contributed by atoms with Crippen molar-refractivity contribution in [3.05, 3.63) is 28.2 Å². The molecule has 0 unspecified atom stereocenters. The van der Waals surface area contributed by atoms with Crippen LogP contribution in [-0.4, -0.2) is 32.0 Å². The summed E-state index contributed by atoms with van der Waals surface area (Å²) in [4.78, 5) is 34.1. The molecule has 0 fully saturated rings. The van der Waals surface area contributed by atoms with Crippen molar-refractivity contribution < 1.29 is 23.9 Å². The van der Waals surface area contributed by atoms with Crippen LogP contribution in [0.4, 0.5) is 0 Å². The third kappa shape index (κ3) is 5.42. The highest BCUT2D eigenvalue weighted by Gasteiger charge is 2.11. The summed E-state index contributed by atoms with van der Waals surface area (Å²) in [6.07, 6.45) is -0.119. The van der Waals surface area contributed by atoms with Crippen molar-refractivity contribution in [3.63, 3.8) is 0 Å². The normalized spacial score (nSPS) is 9.67. The Bertz CT molecular complexity index is 547. The lowest BCUT2D eigenvalue weighted by atomic mass is 10.2. The topological polar surface area (TPSA) is 93.7 Å². The van der Waals surface area contributed by atoms with E-state index >= 15 is 0 Å². The molecule has 0 saturated heterocycles. The Labute approximate surface area is 130 Å². The molecule has 0 aliphatic rings. The number of methoxy groups -OCH3 is 2. The van der Waals surface area contributed by atoms with E-state index in [2.05, 4.69) is 31.5 Å². The van der Waals surface area contributed by atoms with Crippen LogP contribution in [0.15, 0.2) is 22.7 Å². The summed E-state index contributed by atoms with van der Waals surface area (Å²) in [7, 11) is 2.75. The fourth-order valence-electron chi connectivity index (χ4n) is 1.39. The van der Waals surface area contributed by atoms with Crippen molar-refractivity contribution in [2.24, 2.45) is 0 Å². The van der Waals surface area contributed by atoms with Crippen molar-refractivity contribution in [2.45, 2.75) is 12.8 Å². The van der Waals surface area contributed by atoms with E-state index in [0.717, 1.165) is 0 Å². The minimum Gasteiger partial charge on any atom is -0.496 e. The van der Waals surface area contributed by atoms with Gasteiger partial charge in [0.2, 0.25) is 5.91 Å². The van der Waals surface area contributed by atoms with Crippen LogP contribution >= 0.6 is 15.9 Å². The molecular weight excluding hydrogens is 344 g/mol. The van der Waals surface area contributed by atoms with Crippen molar-refractivity contribution in [1.82, 2.24) is 10.9 Å². The number of benzene rings is 1. The van der Waals surface area contributed by atoms with Gasteiger partial charge in [-0.2, -0.15) is 0 Å². The number of hydrogen-bond acceptors (Lipinski definition) is 5. The molecule has 0 heterocycles. The number of esters is 1. The van der Waals surface area contributed by atoms with Crippen LogP contribution < -0.4 is 15.6 Å². The van der Waals surface area contributed by atoms with Gasteiger partial charge in [-0.25, -0.2) is 0 Å². The van der Waals surface area contributed by atoms with Crippen LogP contribution in [0.2, 0.25) is 0 Å². The Morgan fingerprint density at radius 2 is 1.86 bits per heavy atom. The average molecular weight is 359 g/mol. The van der Waals surface area contributed by atoms with Crippen LogP contribution in [0.5, 0.6) is 5.75 Å². The highest BCUT2D eigenvalue weighted by Crippen LogP contribution is 2.25. The van der Waals surface area contributed by atoms with E-state index in [1.165, 1.54) is 14.2 Å². The second-order valence-electron chi connectivity index (χ2n) is 3.93. The van der Waals surface area contributed by atoms with Gasteiger partial charge in [0.25, 0.3) is 5.91 Å². The minimum atomic E-state index is -0.490.